The number of hydrogen-bond donors (Lipinski definition) is 1. The van der Waals surface area contributed by atoms with E-state index in [0.29, 0.717) is 6.04 Å². The van der Waals surface area contributed by atoms with Crippen molar-refractivity contribution in [2.45, 2.75) is 25.8 Å². The second-order valence-electron chi connectivity index (χ2n) is 4.32. The molecular formula is C15H18BrNS. The Bertz CT molecular complexity index is 507. The quantitative estimate of drug-likeness (QED) is 0.849. The lowest BCUT2D eigenvalue weighted by molar-refractivity contribution is 0.596. The number of rotatable bonds is 5. The molecule has 1 nitrogen and oxygen atoms in total. The van der Waals surface area contributed by atoms with Gasteiger partial charge in [-0.2, -0.15) is 0 Å². The Morgan fingerprint density at radius 2 is 2.00 bits per heavy atom. The summed E-state index contributed by atoms with van der Waals surface area (Å²) in [5.74, 6) is 0. The summed E-state index contributed by atoms with van der Waals surface area (Å²) in [6.07, 6.45) is 2.18. The number of aryl methyl sites for hydroxylation is 1. The van der Waals surface area contributed by atoms with Gasteiger partial charge in [-0.25, -0.2) is 0 Å². The van der Waals surface area contributed by atoms with E-state index in [0.717, 1.165) is 17.3 Å². The molecule has 1 N–H and O–H groups in total. The highest BCUT2D eigenvalue weighted by Gasteiger charge is 2.11. The first kappa shape index (κ1) is 13.8. The minimum atomic E-state index is 0.380. The molecule has 0 spiro atoms. The van der Waals surface area contributed by atoms with Crippen LogP contribution in [0.3, 0.4) is 0 Å². The molecule has 1 heterocycles. The molecule has 0 aliphatic rings. The predicted octanol–water partition coefficient (Wildman–Crippen LogP) is 4.58. The minimum absolute atomic E-state index is 0.380. The molecule has 0 aliphatic heterocycles. The highest BCUT2D eigenvalue weighted by atomic mass is 79.9. The van der Waals surface area contributed by atoms with Crippen LogP contribution in [-0.2, 0) is 12.8 Å². The molecule has 0 fully saturated rings. The van der Waals surface area contributed by atoms with Crippen molar-refractivity contribution in [1.82, 2.24) is 5.32 Å². The van der Waals surface area contributed by atoms with Gasteiger partial charge >= 0.3 is 0 Å². The first-order chi connectivity index (χ1) is 8.72. The molecular weight excluding hydrogens is 306 g/mol. The van der Waals surface area contributed by atoms with Crippen molar-refractivity contribution in [3.8, 4) is 0 Å². The van der Waals surface area contributed by atoms with Crippen LogP contribution >= 0.6 is 27.3 Å². The average molecular weight is 324 g/mol. The van der Waals surface area contributed by atoms with Crippen LogP contribution in [0.2, 0.25) is 0 Å². The predicted molar refractivity (Wildman–Crippen MR) is 83.3 cm³/mol. The van der Waals surface area contributed by atoms with E-state index in [1.54, 1.807) is 0 Å². The Balaban J connectivity index is 2.14. The van der Waals surface area contributed by atoms with Gasteiger partial charge < -0.3 is 5.32 Å². The summed E-state index contributed by atoms with van der Waals surface area (Å²) in [5, 5.41) is 3.41. The van der Waals surface area contributed by atoms with Crippen LogP contribution in [0.5, 0.6) is 0 Å². The van der Waals surface area contributed by atoms with Crippen LogP contribution in [0.1, 0.15) is 28.3 Å². The van der Waals surface area contributed by atoms with Crippen LogP contribution in [-0.4, -0.2) is 7.05 Å². The number of likely N-dealkylation sites (N-methyl/N-ethyl adjacent to an activating group) is 1. The van der Waals surface area contributed by atoms with Gasteiger partial charge in [-0.1, -0.05) is 35.0 Å². The summed E-state index contributed by atoms with van der Waals surface area (Å²) in [6.45, 7) is 2.21. The first-order valence-corrected chi connectivity index (χ1v) is 7.84. The first-order valence-electron chi connectivity index (χ1n) is 6.23. The number of thiophene rings is 1. The van der Waals surface area contributed by atoms with Gasteiger partial charge in [0, 0.05) is 26.7 Å². The van der Waals surface area contributed by atoms with Gasteiger partial charge in [0.05, 0.1) is 0 Å². The fraction of sp³-hybridized carbons (Fsp3) is 0.333. The van der Waals surface area contributed by atoms with E-state index in [2.05, 4.69) is 64.6 Å². The molecule has 2 aromatic rings. The van der Waals surface area contributed by atoms with Gasteiger partial charge in [0.1, 0.15) is 0 Å². The van der Waals surface area contributed by atoms with Gasteiger partial charge in [-0.3, -0.25) is 0 Å². The summed E-state index contributed by atoms with van der Waals surface area (Å²) in [7, 11) is 2.03. The number of hydrogen-bond acceptors (Lipinski definition) is 2. The van der Waals surface area contributed by atoms with Crippen molar-refractivity contribution in [1.29, 1.82) is 0 Å². The van der Waals surface area contributed by atoms with Crippen molar-refractivity contribution in [3.63, 3.8) is 0 Å². The lowest BCUT2D eigenvalue weighted by Gasteiger charge is -2.16. The number of nitrogens with one attached hydrogen (secondary N) is 1. The summed E-state index contributed by atoms with van der Waals surface area (Å²) < 4.78 is 1.14. The second kappa shape index (κ2) is 6.50. The Kier molecular flexibility index (Phi) is 4.98. The van der Waals surface area contributed by atoms with E-state index in [1.165, 1.54) is 15.3 Å². The van der Waals surface area contributed by atoms with Crippen LogP contribution in [0.25, 0.3) is 0 Å². The number of benzene rings is 1. The largest absolute Gasteiger partial charge is 0.313 e. The van der Waals surface area contributed by atoms with E-state index < -0.39 is 0 Å². The van der Waals surface area contributed by atoms with Gasteiger partial charge in [0.2, 0.25) is 0 Å². The molecule has 18 heavy (non-hydrogen) atoms. The van der Waals surface area contributed by atoms with Crippen molar-refractivity contribution in [2.75, 3.05) is 7.05 Å². The maximum atomic E-state index is 3.54. The Hall–Kier alpha value is -0.640. The van der Waals surface area contributed by atoms with Gasteiger partial charge in [-0.15, -0.1) is 11.3 Å². The second-order valence-corrected chi connectivity index (χ2v) is 6.49. The SMILES string of the molecule is CCc1ccc(CC(NC)c2cccc(Br)c2)s1. The number of halogens is 1. The molecule has 0 saturated heterocycles. The summed E-state index contributed by atoms with van der Waals surface area (Å²) in [5.41, 5.74) is 1.33. The van der Waals surface area contributed by atoms with Gasteiger partial charge in [-0.05, 0) is 43.3 Å². The molecule has 1 atom stereocenters. The lowest BCUT2D eigenvalue weighted by atomic mass is 10.0. The third kappa shape index (κ3) is 3.44. The lowest BCUT2D eigenvalue weighted by Crippen LogP contribution is -2.18. The molecule has 1 unspecified atom stereocenters. The molecule has 3 heteroatoms. The van der Waals surface area contributed by atoms with Crippen LogP contribution in [0.4, 0.5) is 0 Å². The molecule has 1 aromatic carbocycles. The Labute approximate surface area is 121 Å². The van der Waals surface area contributed by atoms with Crippen molar-refractivity contribution in [2.24, 2.45) is 0 Å². The van der Waals surface area contributed by atoms with E-state index >= 15 is 0 Å². The molecule has 0 aliphatic carbocycles. The molecule has 0 amide bonds. The van der Waals surface area contributed by atoms with Crippen molar-refractivity contribution >= 4 is 27.3 Å². The van der Waals surface area contributed by atoms with Crippen molar-refractivity contribution < 1.29 is 0 Å². The third-order valence-electron chi connectivity index (χ3n) is 3.07. The standard InChI is InChI=1S/C15H18BrNS/c1-3-13-7-8-14(18-13)10-15(17-2)11-5-4-6-12(16)9-11/h4-9,15,17H,3,10H2,1-2H3. The Morgan fingerprint density at radius 3 is 2.61 bits per heavy atom. The van der Waals surface area contributed by atoms with E-state index in [1.807, 2.05) is 18.4 Å². The zero-order valence-corrected chi connectivity index (χ0v) is 13.1. The summed E-state index contributed by atoms with van der Waals surface area (Å²) in [4.78, 5) is 2.92. The fourth-order valence-corrected chi connectivity index (χ4v) is 3.45. The zero-order chi connectivity index (χ0) is 13.0. The smallest absolute Gasteiger partial charge is 0.0366 e. The van der Waals surface area contributed by atoms with Crippen LogP contribution in [0.15, 0.2) is 40.9 Å². The third-order valence-corrected chi connectivity index (χ3v) is 4.82. The topological polar surface area (TPSA) is 12.0 Å². The maximum absolute atomic E-state index is 3.54. The van der Waals surface area contributed by atoms with Gasteiger partial charge in [0.15, 0.2) is 0 Å². The fourth-order valence-electron chi connectivity index (χ4n) is 2.03. The monoisotopic (exact) mass is 323 g/mol. The normalized spacial score (nSPS) is 12.6. The molecule has 1 aromatic heterocycles. The average Bonchev–Trinajstić information content (AvgIpc) is 2.83. The molecule has 0 radical (unpaired) electrons. The Morgan fingerprint density at radius 1 is 1.22 bits per heavy atom. The van der Waals surface area contributed by atoms with E-state index in [4.69, 9.17) is 0 Å². The van der Waals surface area contributed by atoms with E-state index in [-0.39, 0.29) is 0 Å². The maximum Gasteiger partial charge on any atom is 0.0366 e. The molecule has 2 rings (SSSR count). The van der Waals surface area contributed by atoms with E-state index in [9.17, 15) is 0 Å². The van der Waals surface area contributed by atoms with Crippen LogP contribution < -0.4 is 5.32 Å². The molecule has 0 saturated carbocycles. The summed E-state index contributed by atoms with van der Waals surface area (Å²) >= 11 is 5.46. The minimum Gasteiger partial charge on any atom is -0.313 e. The summed E-state index contributed by atoms with van der Waals surface area (Å²) in [6, 6.07) is 13.4. The molecule has 96 valence electrons. The van der Waals surface area contributed by atoms with Crippen molar-refractivity contribution in [3.05, 3.63) is 56.2 Å². The highest BCUT2D eigenvalue weighted by Crippen LogP contribution is 2.25. The van der Waals surface area contributed by atoms with Crippen LogP contribution in [0, 0.1) is 0 Å². The zero-order valence-electron chi connectivity index (χ0n) is 10.7. The van der Waals surface area contributed by atoms with Gasteiger partial charge in [0.25, 0.3) is 0 Å². The highest BCUT2D eigenvalue weighted by molar-refractivity contribution is 9.10. The molecule has 0 bridgehead atoms.